The quantitative estimate of drug-likeness (QED) is 0.564. The van der Waals surface area contributed by atoms with E-state index in [1.807, 2.05) is 0 Å². The van der Waals surface area contributed by atoms with Crippen LogP contribution in [0.1, 0.15) is 5.56 Å². The Balaban J connectivity index is 1.74. The summed E-state index contributed by atoms with van der Waals surface area (Å²) in [5, 5.41) is 2.84. The Morgan fingerprint density at radius 1 is 1.13 bits per heavy atom. The predicted molar refractivity (Wildman–Crippen MR) is 110 cm³/mol. The lowest BCUT2D eigenvalue weighted by atomic mass is 10.1. The van der Waals surface area contributed by atoms with Crippen molar-refractivity contribution in [2.75, 3.05) is 11.3 Å². The van der Waals surface area contributed by atoms with E-state index in [2.05, 4.69) is 10.4 Å². The van der Waals surface area contributed by atoms with Gasteiger partial charge in [-0.05, 0) is 42.5 Å². The number of nitrogens with zero attached hydrogens (tertiary/aromatic N) is 2. The van der Waals surface area contributed by atoms with Crippen molar-refractivity contribution in [3.63, 3.8) is 0 Å². The lowest BCUT2D eigenvalue weighted by Crippen LogP contribution is -2.44. The van der Waals surface area contributed by atoms with Crippen LogP contribution in [-0.4, -0.2) is 31.9 Å². The minimum Gasteiger partial charge on any atom is -0.276 e. The Kier molecular flexibility index (Phi) is 5.36. The predicted octanol–water partition coefficient (Wildman–Crippen LogP) is 4.65. The fourth-order valence-electron chi connectivity index (χ4n) is 3.16. The number of sulfone groups is 1. The maximum Gasteiger partial charge on any atom is 0.409 e. The summed E-state index contributed by atoms with van der Waals surface area (Å²) in [5.41, 5.74) is 5.18. The molecule has 11 heteroatoms. The molecule has 2 heterocycles. The summed E-state index contributed by atoms with van der Waals surface area (Å²) in [5.74, 6) is -0.618. The number of hydrazine groups is 1. The smallest absolute Gasteiger partial charge is 0.276 e. The number of halogens is 4. The van der Waals surface area contributed by atoms with Crippen molar-refractivity contribution < 1.29 is 26.0 Å². The van der Waals surface area contributed by atoms with Crippen LogP contribution in [-0.2, 0) is 9.84 Å². The number of alkyl halides is 3. The number of benzene rings is 2. The van der Waals surface area contributed by atoms with Crippen LogP contribution < -0.4 is 10.4 Å². The zero-order chi connectivity index (χ0) is 22.4. The van der Waals surface area contributed by atoms with Gasteiger partial charge in [-0.2, -0.15) is 13.2 Å². The Labute approximate surface area is 179 Å². The molecule has 0 aliphatic carbocycles. The molecule has 0 fully saturated rings. The van der Waals surface area contributed by atoms with E-state index in [1.54, 1.807) is 10.9 Å². The second-order valence-corrected chi connectivity index (χ2v) is 9.60. The first kappa shape index (κ1) is 21.5. The lowest BCUT2D eigenvalue weighted by Gasteiger charge is -2.25. The molecule has 1 aliphatic rings. The zero-order valence-corrected chi connectivity index (χ0v) is 17.5. The minimum atomic E-state index is -4.58. The van der Waals surface area contributed by atoms with Gasteiger partial charge in [-0.25, -0.2) is 23.2 Å². The SMILES string of the molecule is CS(=O)(=O)c1ccc(N2NC(C(F)(F)F)C=C2c2ccc(-c3cscn3)c(F)c2)cc1. The van der Waals surface area contributed by atoms with Gasteiger partial charge in [0.1, 0.15) is 11.9 Å². The van der Waals surface area contributed by atoms with E-state index in [4.69, 9.17) is 0 Å². The van der Waals surface area contributed by atoms with Gasteiger partial charge in [0, 0.05) is 22.8 Å². The van der Waals surface area contributed by atoms with Crippen LogP contribution in [0.3, 0.4) is 0 Å². The topological polar surface area (TPSA) is 62.3 Å². The van der Waals surface area contributed by atoms with Gasteiger partial charge in [0.2, 0.25) is 0 Å². The third kappa shape index (κ3) is 4.34. The van der Waals surface area contributed by atoms with Gasteiger partial charge in [0.25, 0.3) is 0 Å². The molecular formula is C20H15F4N3O2S2. The summed E-state index contributed by atoms with van der Waals surface area (Å²) in [4.78, 5) is 4.09. The van der Waals surface area contributed by atoms with Crippen LogP contribution in [0.15, 0.2) is 64.3 Å². The van der Waals surface area contributed by atoms with Crippen molar-refractivity contribution in [2.24, 2.45) is 0 Å². The number of nitrogens with one attached hydrogen (secondary N) is 1. The normalized spacial score (nSPS) is 17.1. The number of rotatable bonds is 4. The third-order valence-corrected chi connectivity index (χ3v) is 6.40. The standard InChI is InChI=1S/C20H15F4N3O2S2/c1-31(28,29)14-5-3-13(4-6-14)27-18(9-19(26-27)20(22,23)24)12-2-7-15(16(21)8-12)17-10-30-11-25-17/h2-11,19,26H,1H3. The Morgan fingerprint density at radius 3 is 2.39 bits per heavy atom. The van der Waals surface area contributed by atoms with Gasteiger partial charge in [-0.1, -0.05) is 6.07 Å². The zero-order valence-electron chi connectivity index (χ0n) is 15.9. The highest BCUT2D eigenvalue weighted by molar-refractivity contribution is 7.90. The van der Waals surface area contributed by atoms with Gasteiger partial charge in [-0.3, -0.25) is 5.01 Å². The highest BCUT2D eigenvalue weighted by atomic mass is 32.2. The summed E-state index contributed by atoms with van der Waals surface area (Å²) in [6.07, 6.45) is -2.58. The lowest BCUT2D eigenvalue weighted by molar-refractivity contribution is -0.142. The van der Waals surface area contributed by atoms with Crippen LogP contribution in [0.4, 0.5) is 23.2 Å². The van der Waals surface area contributed by atoms with Crippen LogP contribution >= 0.6 is 11.3 Å². The number of thiazole rings is 1. The fourth-order valence-corrected chi connectivity index (χ4v) is 4.34. The molecule has 162 valence electrons. The van der Waals surface area contributed by atoms with E-state index in [0.29, 0.717) is 5.69 Å². The van der Waals surface area contributed by atoms with E-state index in [1.165, 1.54) is 52.7 Å². The number of hydrogen-bond donors (Lipinski definition) is 1. The Bertz CT molecular complexity index is 1240. The molecule has 1 unspecified atom stereocenters. The Morgan fingerprint density at radius 2 is 1.84 bits per heavy atom. The van der Waals surface area contributed by atoms with Crippen molar-refractivity contribution in [3.8, 4) is 11.3 Å². The summed E-state index contributed by atoms with van der Waals surface area (Å²) in [6, 6.07) is 7.52. The molecule has 3 aromatic rings. The maximum absolute atomic E-state index is 14.7. The molecule has 0 saturated heterocycles. The van der Waals surface area contributed by atoms with Gasteiger partial charge in [0.05, 0.1) is 27.5 Å². The average Bonchev–Trinajstić information content (AvgIpc) is 3.37. The van der Waals surface area contributed by atoms with Gasteiger partial charge in [0.15, 0.2) is 9.84 Å². The van der Waals surface area contributed by atoms with Gasteiger partial charge < -0.3 is 0 Å². The molecule has 0 spiro atoms. The monoisotopic (exact) mass is 469 g/mol. The maximum atomic E-state index is 14.7. The summed E-state index contributed by atoms with van der Waals surface area (Å²) < 4.78 is 78.2. The molecule has 5 nitrogen and oxygen atoms in total. The molecule has 1 aliphatic heterocycles. The molecule has 1 atom stereocenters. The first-order valence-electron chi connectivity index (χ1n) is 8.87. The van der Waals surface area contributed by atoms with Crippen molar-refractivity contribution in [3.05, 3.63) is 70.8 Å². The fraction of sp³-hybridized carbons (Fsp3) is 0.150. The van der Waals surface area contributed by atoms with Crippen molar-refractivity contribution in [1.82, 2.24) is 10.4 Å². The molecule has 1 aromatic heterocycles. The van der Waals surface area contributed by atoms with E-state index in [-0.39, 0.29) is 27.4 Å². The molecule has 0 amide bonds. The van der Waals surface area contributed by atoms with E-state index in [9.17, 15) is 26.0 Å². The second-order valence-electron chi connectivity index (χ2n) is 6.87. The number of aromatic nitrogens is 1. The van der Waals surface area contributed by atoms with Crippen LogP contribution in [0, 0.1) is 5.82 Å². The molecule has 31 heavy (non-hydrogen) atoms. The molecule has 4 rings (SSSR count). The first-order valence-corrected chi connectivity index (χ1v) is 11.7. The van der Waals surface area contributed by atoms with Crippen LogP contribution in [0.25, 0.3) is 17.0 Å². The molecule has 1 N–H and O–H groups in total. The van der Waals surface area contributed by atoms with Crippen molar-refractivity contribution in [1.29, 1.82) is 0 Å². The van der Waals surface area contributed by atoms with E-state index in [0.717, 1.165) is 18.4 Å². The molecule has 2 aromatic carbocycles. The van der Waals surface area contributed by atoms with Crippen molar-refractivity contribution >= 4 is 32.6 Å². The largest absolute Gasteiger partial charge is 0.409 e. The molecular weight excluding hydrogens is 454 g/mol. The Hall–Kier alpha value is -2.76. The number of hydrogen-bond acceptors (Lipinski definition) is 6. The van der Waals surface area contributed by atoms with E-state index >= 15 is 0 Å². The summed E-state index contributed by atoms with van der Waals surface area (Å²) in [6.45, 7) is 0. The molecule has 0 saturated carbocycles. The van der Waals surface area contributed by atoms with Gasteiger partial charge in [-0.15, -0.1) is 11.3 Å². The average molecular weight is 469 g/mol. The van der Waals surface area contributed by atoms with Crippen LogP contribution in [0.5, 0.6) is 0 Å². The van der Waals surface area contributed by atoms with Crippen LogP contribution in [0.2, 0.25) is 0 Å². The number of anilines is 1. The van der Waals surface area contributed by atoms with Crippen molar-refractivity contribution in [2.45, 2.75) is 17.1 Å². The molecule has 0 bridgehead atoms. The van der Waals surface area contributed by atoms with Gasteiger partial charge >= 0.3 is 6.18 Å². The highest BCUT2D eigenvalue weighted by Gasteiger charge is 2.43. The van der Waals surface area contributed by atoms with E-state index < -0.39 is 27.9 Å². The first-order chi connectivity index (χ1) is 14.5. The summed E-state index contributed by atoms with van der Waals surface area (Å²) in [7, 11) is -3.46. The molecule has 0 radical (unpaired) electrons. The third-order valence-electron chi connectivity index (χ3n) is 4.68. The minimum absolute atomic E-state index is 0.0343. The second kappa shape index (κ2) is 7.74. The highest BCUT2D eigenvalue weighted by Crippen LogP contribution is 2.36. The summed E-state index contributed by atoms with van der Waals surface area (Å²) >= 11 is 1.30.